The van der Waals surface area contributed by atoms with Gasteiger partial charge in [0.1, 0.15) is 11.3 Å². The zero-order valence-electron chi connectivity index (χ0n) is 15.3. The summed E-state index contributed by atoms with van der Waals surface area (Å²) >= 11 is 12.3. The van der Waals surface area contributed by atoms with Gasteiger partial charge < -0.3 is 10.2 Å². The Morgan fingerprint density at radius 2 is 1.96 bits per heavy atom. The van der Waals surface area contributed by atoms with E-state index >= 15 is 0 Å². The first kappa shape index (κ1) is 22.3. The second-order valence-corrected chi connectivity index (χ2v) is 7.18. The van der Waals surface area contributed by atoms with Gasteiger partial charge in [0.05, 0.1) is 16.1 Å². The van der Waals surface area contributed by atoms with E-state index in [4.69, 9.17) is 28.6 Å². The molecule has 0 spiro atoms. The normalized spacial score (nSPS) is 15.7. The topological polar surface area (TPSA) is 56.2 Å². The highest BCUT2D eigenvalue weighted by Crippen LogP contribution is 2.37. The summed E-state index contributed by atoms with van der Waals surface area (Å²) in [6.07, 6.45) is -2.01. The Morgan fingerprint density at radius 1 is 1.36 bits per heavy atom. The zero-order valence-corrected chi connectivity index (χ0v) is 16.8. The van der Waals surface area contributed by atoms with Gasteiger partial charge in [0.25, 0.3) is 12.3 Å². The number of alkyl halides is 2. The number of benzene rings is 1. The Hall–Kier alpha value is -1.99. The number of nitrogens with zero attached hydrogens (tertiary/aromatic N) is 1. The summed E-state index contributed by atoms with van der Waals surface area (Å²) < 4.78 is 40.3. The summed E-state index contributed by atoms with van der Waals surface area (Å²) in [6, 6.07) is 4.00. The van der Waals surface area contributed by atoms with Crippen LogP contribution in [0.25, 0.3) is 5.57 Å². The highest BCUT2D eigenvalue weighted by molar-refractivity contribution is 6.43. The summed E-state index contributed by atoms with van der Waals surface area (Å²) in [5.74, 6) is -2.27. The third-order valence-electron chi connectivity index (χ3n) is 4.53. The maximum atomic E-state index is 14.2. The number of amides is 1. The van der Waals surface area contributed by atoms with Crippen LogP contribution in [-0.2, 0) is 4.79 Å². The maximum Gasteiger partial charge on any atom is 0.280 e. The largest absolute Gasteiger partial charge is 0.364 e. The Morgan fingerprint density at radius 3 is 2.46 bits per heavy atom. The van der Waals surface area contributed by atoms with Crippen LogP contribution in [0, 0.1) is 5.41 Å². The first-order valence-electron chi connectivity index (χ1n) is 8.52. The molecule has 2 N–H and O–H groups in total. The molecule has 1 unspecified atom stereocenters. The van der Waals surface area contributed by atoms with Crippen molar-refractivity contribution in [1.29, 1.82) is 5.41 Å². The van der Waals surface area contributed by atoms with Crippen LogP contribution in [0.1, 0.15) is 25.3 Å². The van der Waals surface area contributed by atoms with E-state index in [1.165, 1.54) is 4.90 Å². The Bertz CT molecular complexity index is 838. The van der Waals surface area contributed by atoms with Crippen molar-refractivity contribution in [2.45, 2.75) is 38.3 Å². The number of rotatable bonds is 8. The fourth-order valence-electron chi connectivity index (χ4n) is 2.85. The van der Waals surface area contributed by atoms with E-state index in [0.29, 0.717) is 29.0 Å². The SMILES string of the molecule is C=C(c1cccc(Cl)c1Cl)C(C)N(C(=O)/C(C(=N)C(F)F)=C(\F)NC)C1CC1. The van der Waals surface area contributed by atoms with Crippen LogP contribution < -0.4 is 5.32 Å². The van der Waals surface area contributed by atoms with Gasteiger partial charge in [-0.25, -0.2) is 8.78 Å². The minimum Gasteiger partial charge on any atom is -0.364 e. The first-order valence-corrected chi connectivity index (χ1v) is 9.27. The van der Waals surface area contributed by atoms with E-state index in [1.807, 2.05) is 5.32 Å². The van der Waals surface area contributed by atoms with Gasteiger partial charge >= 0.3 is 0 Å². The molecule has 0 heterocycles. The van der Waals surface area contributed by atoms with E-state index in [0.717, 1.165) is 7.05 Å². The summed E-state index contributed by atoms with van der Waals surface area (Å²) in [5.41, 5.74) is -1.42. The molecule has 0 bridgehead atoms. The molecule has 1 aromatic carbocycles. The predicted molar refractivity (Wildman–Crippen MR) is 106 cm³/mol. The smallest absolute Gasteiger partial charge is 0.280 e. The predicted octanol–water partition coefficient (Wildman–Crippen LogP) is 5.07. The quantitative estimate of drug-likeness (QED) is 0.341. The molecule has 0 aliphatic heterocycles. The lowest BCUT2D eigenvalue weighted by Gasteiger charge is -2.32. The number of halogens is 5. The molecule has 0 aromatic heterocycles. The molecule has 1 atom stereocenters. The minimum absolute atomic E-state index is 0.252. The molecular weight excluding hydrogens is 414 g/mol. The Kier molecular flexibility index (Phi) is 7.17. The molecule has 1 fully saturated rings. The van der Waals surface area contributed by atoms with Gasteiger partial charge in [0.2, 0.25) is 5.95 Å². The second-order valence-electron chi connectivity index (χ2n) is 6.40. The highest BCUT2D eigenvalue weighted by Gasteiger charge is 2.41. The number of hydrogen-bond donors (Lipinski definition) is 2. The highest BCUT2D eigenvalue weighted by atomic mass is 35.5. The van der Waals surface area contributed by atoms with E-state index in [2.05, 4.69) is 6.58 Å². The Balaban J connectivity index is 2.44. The summed E-state index contributed by atoms with van der Waals surface area (Å²) in [4.78, 5) is 14.3. The molecule has 1 saturated carbocycles. The van der Waals surface area contributed by atoms with Crippen LogP contribution in [0.3, 0.4) is 0 Å². The number of nitrogens with one attached hydrogen (secondary N) is 2. The van der Waals surface area contributed by atoms with Crippen molar-refractivity contribution in [2.75, 3.05) is 7.05 Å². The first-order chi connectivity index (χ1) is 13.1. The van der Waals surface area contributed by atoms with Crippen LogP contribution in [0.4, 0.5) is 13.2 Å². The molecule has 1 aliphatic rings. The van der Waals surface area contributed by atoms with Gasteiger partial charge in [-0.05, 0) is 37.0 Å². The van der Waals surface area contributed by atoms with Gasteiger partial charge in [0.15, 0.2) is 0 Å². The lowest BCUT2D eigenvalue weighted by molar-refractivity contribution is -0.128. The van der Waals surface area contributed by atoms with E-state index in [9.17, 15) is 18.0 Å². The molecule has 28 heavy (non-hydrogen) atoms. The number of carbonyl (C=O) groups excluding carboxylic acids is 1. The minimum atomic E-state index is -3.29. The lowest BCUT2D eigenvalue weighted by Crippen LogP contribution is -2.44. The van der Waals surface area contributed by atoms with Crippen molar-refractivity contribution in [1.82, 2.24) is 10.2 Å². The lowest BCUT2D eigenvalue weighted by atomic mass is 9.98. The maximum absolute atomic E-state index is 14.2. The molecular formula is C19H20Cl2F3N3O. The van der Waals surface area contributed by atoms with Crippen molar-refractivity contribution in [2.24, 2.45) is 0 Å². The van der Waals surface area contributed by atoms with Gasteiger partial charge in [-0.1, -0.05) is 41.9 Å². The molecule has 4 nitrogen and oxygen atoms in total. The van der Waals surface area contributed by atoms with Crippen molar-refractivity contribution in [3.8, 4) is 0 Å². The van der Waals surface area contributed by atoms with Crippen LogP contribution in [0.15, 0.2) is 36.3 Å². The summed E-state index contributed by atoms with van der Waals surface area (Å²) in [7, 11) is 1.15. The number of carbonyl (C=O) groups is 1. The van der Waals surface area contributed by atoms with Gasteiger partial charge in [-0.2, -0.15) is 4.39 Å². The molecule has 1 aliphatic carbocycles. The molecule has 1 aromatic rings. The summed E-state index contributed by atoms with van der Waals surface area (Å²) in [5, 5.41) is 10.1. The number of hydrogen-bond acceptors (Lipinski definition) is 3. The molecule has 9 heteroatoms. The standard InChI is InChI=1S/C19H20Cl2F3N3O/c1-9(12-5-4-6-13(20)15(12)21)10(2)27(11-7-8-11)19(28)14(18(24)26-3)16(25)17(22)23/h4-6,10-11,17,25-26H,1,7-8H2,2-3H3/b18-14+,25-16?. The fourth-order valence-corrected chi connectivity index (χ4v) is 3.27. The Labute approximate surface area is 171 Å². The van der Waals surface area contributed by atoms with Crippen LogP contribution in [0.2, 0.25) is 10.0 Å². The molecule has 0 saturated heterocycles. The molecule has 2 rings (SSSR count). The second kappa shape index (κ2) is 9.01. The fraction of sp³-hybridized carbons (Fsp3) is 0.368. The van der Waals surface area contributed by atoms with E-state index < -0.39 is 35.6 Å². The molecule has 0 radical (unpaired) electrons. The van der Waals surface area contributed by atoms with Gasteiger partial charge in [0, 0.05) is 13.1 Å². The zero-order chi connectivity index (χ0) is 21.2. The van der Waals surface area contributed by atoms with E-state index in [-0.39, 0.29) is 11.1 Å². The molecule has 1 amide bonds. The average Bonchev–Trinajstić information content (AvgIpc) is 3.48. The van der Waals surface area contributed by atoms with Crippen molar-refractivity contribution < 1.29 is 18.0 Å². The van der Waals surface area contributed by atoms with Crippen LogP contribution >= 0.6 is 23.2 Å². The average molecular weight is 434 g/mol. The van der Waals surface area contributed by atoms with Gasteiger partial charge in [-0.3, -0.25) is 10.2 Å². The van der Waals surface area contributed by atoms with Crippen LogP contribution in [-0.4, -0.2) is 42.1 Å². The molecule has 152 valence electrons. The summed E-state index contributed by atoms with van der Waals surface area (Å²) in [6.45, 7) is 5.63. The monoisotopic (exact) mass is 433 g/mol. The van der Waals surface area contributed by atoms with E-state index in [1.54, 1.807) is 25.1 Å². The van der Waals surface area contributed by atoms with Crippen molar-refractivity contribution >= 4 is 40.4 Å². The van der Waals surface area contributed by atoms with Crippen molar-refractivity contribution in [3.05, 3.63) is 51.9 Å². The third-order valence-corrected chi connectivity index (χ3v) is 5.35. The van der Waals surface area contributed by atoms with Gasteiger partial charge in [-0.15, -0.1) is 0 Å². The third kappa shape index (κ3) is 4.52. The van der Waals surface area contributed by atoms with Crippen molar-refractivity contribution in [3.63, 3.8) is 0 Å². The van der Waals surface area contributed by atoms with Crippen LogP contribution in [0.5, 0.6) is 0 Å².